The summed E-state index contributed by atoms with van der Waals surface area (Å²) in [5.74, 6) is 0. The van der Waals surface area contributed by atoms with E-state index in [-0.39, 0.29) is 5.60 Å². The zero-order chi connectivity index (χ0) is 18.2. The van der Waals surface area contributed by atoms with Crippen LogP contribution in [0.15, 0.2) is 0 Å². The van der Waals surface area contributed by atoms with Gasteiger partial charge in [-0.25, -0.2) is 0 Å². The molecular weight excluding hydrogens is 367 g/mol. The van der Waals surface area contributed by atoms with E-state index >= 15 is 0 Å². The van der Waals surface area contributed by atoms with Crippen LogP contribution in [0.3, 0.4) is 0 Å². The maximum Gasteiger partial charge on any atom is 0.445 e. The van der Waals surface area contributed by atoms with E-state index < -0.39 is 11.2 Å². The van der Waals surface area contributed by atoms with E-state index in [1.807, 2.05) is 4.90 Å². The van der Waals surface area contributed by atoms with Crippen molar-refractivity contribution >= 4 is 16.5 Å². The zero-order valence-electron chi connectivity index (χ0n) is 14.6. The van der Waals surface area contributed by atoms with Gasteiger partial charge in [-0.2, -0.15) is 13.2 Å². The summed E-state index contributed by atoms with van der Waals surface area (Å²) < 4.78 is 44.3. The average Bonchev–Trinajstić information content (AvgIpc) is 3.13. The number of piperazine rings is 1. The topological polar surface area (TPSA) is 53.5 Å². The SMILES string of the molecule is FC(F)(F)c1nnc(N2CCN(C3CCOC4(CCNCC4)C3)CC2)s1. The number of halogens is 3. The smallest absolute Gasteiger partial charge is 0.375 e. The first-order valence-corrected chi connectivity index (χ1v) is 10.0. The number of alkyl halides is 3. The van der Waals surface area contributed by atoms with E-state index in [2.05, 4.69) is 20.4 Å². The van der Waals surface area contributed by atoms with E-state index in [4.69, 9.17) is 4.74 Å². The summed E-state index contributed by atoms with van der Waals surface area (Å²) in [5.41, 5.74) is 0.0200. The van der Waals surface area contributed by atoms with E-state index in [1.54, 1.807) is 0 Å². The van der Waals surface area contributed by atoms with Crippen molar-refractivity contribution in [1.82, 2.24) is 20.4 Å². The first-order chi connectivity index (χ1) is 12.5. The number of anilines is 1. The van der Waals surface area contributed by atoms with Gasteiger partial charge in [-0.15, -0.1) is 10.2 Å². The highest BCUT2D eigenvalue weighted by atomic mass is 32.1. The Hall–Kier alpha value is -0.970. The van der Waals surface area contributed by atoms with Crippen LogP contribution in [0.5, 0.6) is 0 Å². The van der Waals surface area contributed by atoms with Crippen molar-refractivity contribution in [2.45, 2.75) is 43.5 Å². The van der Waals surface area contributed by atoms with Gasteiger partial charge in [0.15, 0.2) is 0 Å². The van der Waals surface area contributed by atoms with Gasteiger partial charge in [-0.05, 0) is 38.8 Å². The van der Waals surface area contributed by atoms with Crippen LogP contribution in [-0.4, -0.2) is 72.6 Å². The molecule has 1 N–H and O–H groups in total. The molecule has 6 nitrogen and oxygen atoms in total. The van der Waals surface area contributed by atoms with Crippen LogP contribution in [0.1, 0.15) is 30.7 Å². The minimum absolute atomic E-state index is 0.0200. The number of nitrogens with zero attached hydrogens (tertiary/aromatic N) is 4. The summed E-state index contributed by atoms with van der Waals surface area (Å²) in [6.07, 6.45) is -0.191. The fraction of sp³-hybridized carbons (Fsp3) is 0.875. The lowest BCUT2D eigenvalue weighted by Gasteiger charge is -2.48. The Kier molecular flexibility index (Phi) is 5.10. The predicted octanol–water partition coefficient (Wildman–Crippen LogP) is 1.98. The highest BCUT2D eigenvalue weighted by Gasteiger charge is 2.41. The first kappa shape index (κ1) is 18.4. The van der Waals surface area contributed by atoms with Crippen molar-refractivity contribution < 1.29 is 17.9 Å². The highest BCUT2D eigenvalue weighted by Crippen LogP contribution is 2.37. The molecular formula is C16H24F3N5OS. The largest absolute Gasteiger partial charge is 0.445 e. The minimum Gasteiger partial charge on any atom is -0.375 e. The normalized spacial score (nSPS) is 27.8. The van der Waals surface area contributed by atoms with Gasteiger partial charge in [0.25, 0.3) is 0 Å². The van der Waals surface area contributed by atoms with Crippen LogP contribution in [0.4, 0.5) is 18.3 Å². The van der Waals surface area contributed by atoms with Crippen LogP contribution in [0, 0.1) is 0 Å². The molecule has 1 spiro atoms. The molecule has 0 bridgehead atoms. The Morgan fingerprint density at radius 2 is 1.85 bits per heavy atom. The van der Waals surface area contributed by atoms with E-state index in [1.165, 1.54) is 0 Å². The van der Waals surface area contributed by atoms with Crippen LogP contribution >= 0.6 is 11.3 Å². The number of hydrogen-bond donors (Lipinski definition) is 1. The molecule has 3 fully saturated rings. The van der Waals surface area contributed by atoms with E-state index in [0.717, 1.165) is 58.5 Å². The third kappa shape index (κ3) is 3.83. The molecule has 1 aromatic rings. The number of hydrogen-bond acceptors (Lipinski definition) is 7. The summed E-state index contributed by atoms with van der Waals surface area (Å²) in [7, 11) is 0. The Morgan fingerprint density at radius 3 is 2.50 bits per heavy atom. The maximum absolute atomic E-state index is 12.7. The molecule has 10 heteroatoms. The second-order valence-electron chi connectivity index (χ2n) is 7.34. The molecule has 3 aliphatic heterocycles. The fourth-order valence-electron chi connectivity index (χ4n) is 4.28. The van der Waals surface area contributed by atoms with Crippen molar-refractivity contribution in [3.63, 3.8) is 0 Å². The van der Waals surface area contributed by atoms with Gasteiger partial charge in [-0.3, -0.25) is 4.90 Å². The highest BCUT2D eigenvalue weighted by molar-refractivity contribution is 7.15. The summed E-state index contributed by atoms with van der Waals surface area (Å²) in [6.45, 7) is 5.91. The number of aromatic nitrogens is 2. The molecule has 146 valence electrons. The van der Waals surface area contributed by atoms with Crippen molar-refractivity contribution in [3.8, 4) is 0 Å². The standard InChI is InChI=1S/C16H24F3N5OS/c17-16(18,19)13-21-22-14(26-13)24-8-6-23(7-9-24)12-1-10-25-15(11-12)2-4-20-5-3-15/h12,20H,1-11H2. The molecule has 1 unspecified atom stereocenters. The molecule has 1 atom stereocenters. The molecule has 0 aliphatic carbocycles. The van der Waals surface area contributed by atoms with Crippen molar-refractivity contribution in [3.05, 3.63) is 5.01 Å². The molecule has 26 heavy (non-hydrogen) atoms. The third-order valence-electron chi connectivity index (χ3n) is 5.74. The Bertz CT molecular complexity index is 606. The summed E-state index contributed by atoms with van der Waals surface area (Å²) >= 11 is 0.634. The zero-order valence-corrected chi connectivity index (χ0v) is 15.4. The van der Waals surface area contributed by atoms with Gasteiger partial charge < -0.3 is 15.0 Å². The molecule has 3 aliphatic rings. The van der Waals surface area contributed by atoms with Gasteiger partial charge in [0.05, 0.1) is 5.60 Å². The second kappa shape index (κ2) is 7.21. The quantitative estimate of drug-likeness (QED) is 0.832. The third-order valence-corrected chi connectivity index (χ3v) is 6.77. The van der Waals surface area contributed by atoms with Crippen LogP contribution in [0.25, 0.3) is 0 Å². The van der Waals surface area contributed by atoms with E-state index in [9.17, 15) is 13.2 Å². The Labute approximate surface area is 154 Å². The monoisotopic (exact) mass is 391 g/mol. The number of ether oxygens (including phenoxy) is 1. The maximum atomic E-state index is 12.7. The van der Waals surface area contributed by atoms with Gasteiger partial charge in [0.2, 0.25) is 10.1 Å². The van der Waals surface area contributed by atoms with Gasteiger partial charge in [-0.1, -0.05) is 11.3 Å². The number of nitrogens with one attached hydrogen (secondary N) is 1. The van der Waals surface area contributed by atoms with Gasteiger partial charge in [0.1, 0.15) is 0 Å². The molecule has 0 saturated carbocycles. The van der Waals surface area contributed by atoms with Gasteiger partial charge >= 0.3 is 6.18 Å². The van der Waals surface area contributed by atoms with Crippen molar-refractivity contribution in [2.75, 3.05) is 50.8 Å². The molecule has 0 aromatic carbocycles. The average molecular weight is 391 g/mol. The van der Waals surface area contributed by atoms with E-state index in [0.29, 0.717) is 35.6 Å². The molecule has 4 heterocycles. The fourth-order valence-corrected chi connectivity index (χ4v) is 5.04. The van der Waals surface area contributed by atoms with Crippen LogP contribution < -0.4 is 10.2 Å². The molecule has 1 aromatic heterocycles. The molecule has 3 saturated heterocycles. The number of rotatable bonds is 2. The number of piperidine rings is 1. The Balaban J connectivity index is 1.34. The summed E-state index contributed by atoms with van der Waals surface area (Å²) in [5, 5.41) is 9.94. The lowest BCUT2D eigenvalue weighted by molar-refractivity contribution is -0.138. The molecule has 0 amide bonds. The predicted molar refractivity (Wildman–Crippen MR) is 92.5 cm³/mol. The first-order valence-electron chi connectivity index (χ1n) is 9.20. The summed E-state index contributed by atoms with van der Waals surface area (Å²) in [4.78, 5) is 4.40. The molecule has 0 radical (unpaired) electrons. The van der Waals surface area contributed by atoms with Crippen molar-refractivity contribution in [1.29, 1.82) is 0 Å². The lowest BCUT2D eigenvalue weighted by Crippen LogP contribution is -2.56. The van der Waals surface area contributed by atoms with Crippen molar-refractivity contribution in [2.24, 2.45) is 0 Å². The summed E-state index contributed by atoms with van der Waals surface area (Å²) in [6, 6.07) is 0.504. The van der Waals surface area contributed by atoms with Crippen LogP contribution in [0.2, 0.25) is 0 Å². The lowest BCUT2D eigenvalue weighted by atomic mass is 9.82. The minimum atomic E-state index is -4.41. The van der Waals surface area contributed by atoms with Gasteiger partial charge in [0, 0.05) is 38.8 Å². The molecule has 4 rings (SSSR count). The second-order valence-corrected chi connectivity index (χ2v) is 8.29. The Morgan fingerprint density at radius 1 is 1.12 bits per heavy atom. The van der Waals surface area contributed by atoms with Crippen LogP contribution in [-0.2, 0) is 10.9 Å².